The fourth-order valence-corrected chi connectivity index (χ4v) is 3.99. The first kappa shape index (κ1) is 15.0. The summed E-state index contributed by atoms with van der Waals surface area (Å²) in [5, 5.41) is 0. The summed E-state index contributed by atoms with van der Waals surface area (Å²) < 4.78 is 28.1. The summed E-state index contributed by atoms with van der Waals surface area (Å²) in [6.45, 7) is 2.63. The molecular weight excluding hydrogens is 328 g/mol. The second kappa shape index (κ2) is 5.91. The van der Waals surface area contributed by atoms with Gasteiger partial charge in [-0.3, -0.25) is 0 Å². The largest absolute Gasteiger partial charge is 0.326 e. The molecule has 0 bridgehead atoms. The lowest BCUT2D eigenvalue weighted by atomic mass is 10.1. The molecule has 3 N–H and O–H groups in total. The zero-order valence-electron chi connectivity index (χ0n) is 10.9. The van der Waals surface area contributed by atoms with Crippen LogP contribution in [0.2, 0.25) is 0 Å². The molecule has 0 unspecified atom stereocenters. The predicted octanol–water partition coefficient (Wildman–Crippen LogP) is 2.29. The molecule has 2 rings (SSSR count). The Hall–Kier alpha value is -0.430. The summed E-state index contributed by atoms with van der Waals surface area (Å²) in [4.78, 5) is 0.318. The number of halogens is 1. The molecule has 1 saturated carbocycles. The zero-order valence-corrected chi connectivity index (χ0v) is 13.4. The van der Waals surface area contributed by atoms with E-state index < -0.39 is 10.0 Å². The minimum atomic E-state index is -3.45. The van der Waals surface area contributed by atoms with E-state index in [0.717, 1.165) is 22.0 Å². The van der Waals surface area contributed by atoms with E-state index in [4.69, 9.17) is 5.73 Å². The molecule has 0 aliphatic heterocycles. The van der Waals surface area contributed by atoms with E-state index in [-0.39, 0.29) is 0 Å². The first-order chi connectivity index (χ1) is 8.94. The molecule has 0 heterocycles. The number of hydrogen-bond acceptors (Lipinski definition) is 3. The molecule has 0 saturated heterocycles. The topological polar surface area (TPSA) is 72.2 Å². The van der Waals surface area contributed by atoms with Gasteiger partial charge >= 0.3 is 0 Å². The molecular formula is C13H19BrN2O2S. The van der Waals surface area contributed by atoms with Gasteiger partial charge in [0.25, 0.3) is 0 Å². The van der Waals surface area contributed by atoms with Crippen molar-refractivity contribution in [1.82, 2.24) is 4.72 Å². The van der Waals surface area contributed by atoms with Gasteiger partial charge in [0.2, 0.25) is 10.0 Å². The molecule has 0 aromatic heterocycles. The Labute approximate surface area is 122 Å². The van der Waals surface area contributed by atoms with E-state index in [0.29, 0.717) is 23.9 Å². The maximum Gasteiger partial charge on any atom is 0.240 e. The Morgan fingerprint density at radius 3 is 2.68 bits per heavy atom. The Balaban J connectivity index is 2.19. The fourth-order valence-electron chi connectivity index (χ4n) is 1.99. The summed E-state index contributed by atoms with van der Waals surface area (Å²) in [6.07, 6.45) is 3.39. The molecule has 6 heteroatoms. The van der Waals surface area contributed by atoms with E-state index in [1.807, 2.05) is 6.07 Å². The average molecular weight is 347 g/mol. The van der Waals surface area contributed by atoms with Crippen molar-refractivity contribution >= 4 is 26.0 Å². The number of nitrogens with two attached hydrogens (primary N) is 1. The zero-order chi connectivity index (χ0) is 14.0. The highest BCUT2D eigenvalue weighted by Crippen LogP contribution is 2.32. The number of sulfonamides is 1. The van der Waals surface area contributed by atoms with Crippen LogP contribution in [-0.2, 0) is 16.6 Å². The highest BCUT2D eigenvalue weighted by molar-refractivity contribution is 9.10. The van der Waals surface area contributed by atoms with Crippen LogP contribution >= 0.6 is 15.9 Å². The summed E-state index contributed by atoms with van der Waals surface area (Å²) >= 11 is 3.38. The van der Waals surface area contributed by atoms with Crippen LogP contribution in [-0.4, -0.2) is 15.0 Å². The van der Waals surface area contributed by atoms with Gasteiger partial charge in [-0.05, 0) is 42.5 Å². The molecule has 0 atom stereocenters. The SMILES string of the molecule is Cc1c(Br)cc(CN)cc1S(=O)(=O)NCCC1CC1. The van der Waals surface area contributed by atoms with Crippen LogP contribution in [0.4, 0.5) is 0 Å². The second-order valence-electron chi connectivity index (χ2n) is 5.03. The Morgan fingerprint density at radius 2 is 2.11 bits per heavy atom. The van der Waals surface area contributed by atoms with E-state index in [1.165, 1.54) is 12.8 Å². The minimum Gasteiger partial charge on any atom is -0.326 e. The molecule has 1 aromatic carbocycles. The maximum atomic E-state index is 12.3. The smallest absolute Gasteiger partial charge is 0.240 e. The monoisotopic (exact) mass is 346 g/mol. The lowest BCUT2D eigenvalue weighted by molar-refractivity contribution is 0.574. The summed E-state index contributed by atoms with van der Waals surface area (Å²) in [7, 11) is -3.45. The highest BCUT2D eigenvalue weighted by Gasteiger charge is 2.23. The molecule has 1 fully saturated rings. The van der Waals surface area contributed by atoms with Crippen molar-refractivity contribution in [2.75, 3.05) is 6.54 Å². The maximum absolute atomic E-state index is 12.3. The van der Waals surface area contributed by atoms with Crippen molar-refractivity contribution in [1.29, 1.82) is 0 Å². The van der Waals surface area contributed by atoms with Crippen molar-refractivity contribution in [2.45, 2.75) is 37.6 Å². The van der Waals surface area contributed by atoms with Crippen molar-refractivity contribution in [2.24, 2.45) is 11.7 Å². The van der Waals surface area contributed by atoms with Crippen LogP contribution in [0.15, 0.2) is 21.5 Å². The first-order valence-electron chi connectivity index (χ1n) is 6.43. The Kier molecular flexibility index (Phi) is 4.66. The molecule has 1 aliphatic carbocycles. The highest BCUT2D eigenvalue weighted by atomic mass is 79.9. The van der Waals surface area contributed by atoms with Gasteiger partial charge in [0.05, 0.1) is 4.90 Å². The lowest BCUT2D eigenvalue weighted by Crippen LogP contribution is -2.26. The van der Waals surface area contributed by atoms with Gasteiger partial charge in [-0.25, -0.2) is 13.1 Å². The molecule has 0 spiro atoms. The normalized spacial score (nSPS) is 15.7. The Morgan fingerprint density at radius 1 is 1.42 bits per heavy atom. The molecule has 4 nitrogen and oxygen atoms in total. The molecule has 19 heavy (non-hydrogen) atoms. The molecule has 1 aromatic rings. The van der Waals surface area contributed by atoms with E-state index in [2.05, 4.69) is 20.7 Å². The van der Waals surface area contributed by atoms with Gasteiger partial charge in [-0.15, -0.1) is 0 Å². The number of nitrogens with one attached hydrogen (secondary N) is 1. The predicted molar refractivity (Wildman–Crippen MR) is 79.3 cm³/mol. The summed E-state index contributed by atoms with van der Waals surface area (Å²) in [5.74, 6) is 0.714. The average Bonchev–Trinajstić information content (AvgIpc) is 3.16. The number of rotatable bonds is 6. The van der Waals surface area contributed by atoms with Crippen LogP contribution in [0.5, 0.6) is 0 Å². The lowest BCUT2D eigenvalue weighted by Gasteiger charge is -2.12. The third-order valence-electron chi connectivity index (χ3n) is 3.42. The molecule has 106 valence electrons. The van der Waals surface area contributed by atoms with Gasteiger partial charge < -0.3 is 5.73 Å². The number of hydrogen-bond donors (Lipinski definition) is 2. The third kappa shape index (κ3) is 3.78. The van der Waals surface area contributed by atoms with Crippen molar-refractivity contribution in [3.05, 3.63) is 27.7 Å². The van der Waals surface area contributed by atoms with Crippen LogP contribution in [0.1, 0.15) is 30.4 Å². The van der Waals surface area contributed by atoms with Crippen molar-refractivity contribution in [3.8, 4) is 0 Å². The van der Waals surface area contributed by atoms with Gasteiger partial charge in [-0.2, -0.15) is 0 Å². The van der Waals surface area contributed by atoms with Crippen molar-refractivity contribution < 1.29 is 8.42 Å². The first-order valence-corrected chi connectivity index (χ1v) is 8.70. The minimum absolute atomic E-state index is 0.318. The second-order valence-corrected chi connectivity index (χ2v) is 7.62. The Bertz CT molecular complexity index is 568. The third-order valence-corrected chi connectivity index (χ3v) is 5.83. The van der Waals surface area contributed by atoms with E-state index in [1.54, 1.807) is 13.0 Å². The fraction of sp³-hybridized carbons (Fsp3) is 0.538. The van der Waals surface area contributed by atoms with E-state index >= 15 is 0 Å². The van der Waals surface area contributed by atoms with Crippen LogP contribution in [0, 0.1) is 12.8 Å². The summed E-state index contributed by atoms with van der Waals surface area (Å²) in [6, 6.07) is 3.51. The van der Waals surface area contributed by atoms with Gasteiger partial charge in [0.15, 0.2) is 0 Å². The molecule has 1 aliphatic rings. The van der Waals surface area contributed by atoms with Gasteiger partial charge in [0, 0.05) is 17.6 Å². The molecule has 0 amide bonds. The van der Waals surface area contributed by atoms with E-state index in [9.17, 15) is 8.42 Å². The van der Waals surface area contributed by atoms with Crippen LogP contribution in [0.3, 0.4) is 0 Å². The summed E-state index contributed by atoms with van der Waals surface area (Å²) in [5.41, 5.74) is 7.12. The van der Waals surface area contributed by atoms with Crippen LogP contribution in [0.25, 0.3) is 0 Å². The standard InChI is InChI=1S/C13H19BrN2O2S/c1-9-12(14)6-11(8-15)7-13(9)19(17,18)16-5-4-10-2-3-10/h6-7,10,16H,2-5,8,15H2,1H3. The number of benzene rings is 1. The quantitative estimate of drug-likeness (QED) is 0.829. The van der Waals surface area contributed by atoms with Crippen molar-refractivity contribution in [3.63, 3.8) is 0 Å². The van der Waals surface area contributed by atoms with Gasteiger partial charge in [-0.1, -0.05) is 28.8 Å². The van der Waals surface area contributed by atoms with Crippen LogP contribution < -0.4 is 10.5 Å². The molecule has 0 radical (unpaired) electrons. The van der Waals surface area contributed by atoms with Gasteiger partial charge in [0.1, 0.15) is 0 Å².